The standard InChI is InChI=1S/C14H15F2NOS/c1-10(17-9-13-6-3-7-19-13)11-4-2-5-12(8-11)18-14(15)16/h2-8,10,14,17H,9H2,1H3. The van der Waals surface area contributed by atoms with Gasteiger partial charge in [-0.2, -0.15) is 8.78 Å². The van der Waals surface area contributed by atoms with E-state index in [1.54, 1.807) is 23.5 Å². The summed E-state index contributed by atoms with van der Waals surface area (Å²) in [5.74, 6) is 0.192. The lowest BCUT2D eigenvalue weighted by atomic mass is 10.1. The zero-order chi connectivity index (χ0) is 13.7. The van der Waals surface area contributed by atoms with Gasteiger partial charge < -0.3 is 10.1 Å². The van der Waals surface area contributed by atoms with E-state index in [2.05, 4.69) is 16.1 Å². The molecule has 2 aromatic rings. The minimum atomic E-state index is -2.79. The first-order valence-electron chi connectivity index (χ1n) is 5.95. The van der Waals surface area contributed by atoms with Gasteiger partial charge in [0.15, 0.2) is 0 Å². The Labute approximate surface area is 115 Å². The van der Waals surface area contributed by atoms with Crippen LogP contribution in [0.1, 0.15) is 23.4 Å². The number of thiophene rings is 1. The molecule has 0 saturated carbocycles. The molecule has 2 nitrogen and oxygen atoms in total. The fourth-order valence-electron chi connectivity index (χ4n) is 1.74. The highest BCUT2D eigenvalue weighted by Crippen LogP contribution is 2.21. The molecule has 0 aliphatic heterocycles. The smallest absolute Gasteiger partial charge is 0.387 e. The van der Waals surface area contributed by atoms with Gasteiger partial charge >= 0.3 is 6.61 Å². The van der Waals surface area contributed by atoms with Gasteiger partial charge in [0.1, 0.15) is 5.75 Å². The van der Waals surface area contributed by atoms with E-state index in [0.717, 1.165) is 12.1 Å². The average molecular weight is 283 g/mol. The van der Waals surface area contributed by atoms with Crippen LogP contribution in [0.2, 0.25) is 0 Å². The molecule has 1 aromatic heterocycles. The molecule has 102 valence electrons. The number of halogens is 2. The highest BCUT2D eigenvalue weighted by Gasteiger charge is 2.09. The number of rotatable bonds is 6. The number of hydrogen-bond acceptors (Lipinski definition) is 3. The summed E-state index contributed by atoms with van der Waals surface area (Å²) in [5, 5.41) is 5.38. The molecular formula is C14H15F2NOS. The van der Waals surface area contributed by atoms with Crippen molar-refractivity contribution in [1.82, 2.24) is 5.32 Å². The fraction of sp³-hybridized carbons (Fsp3) is 0.286. The molecule has 1 atom stereocenters. The zero-order valence-corrected chi connectivity index (χ0v) is 11.3. The maximum atomic E-state index is 12.2. The van der Waals surface area contributed by atoms with Crippen LogP contribution in [-0.4, -0.2) is 6.61 Å². The van der Waals surface area contributed by atoms with Gasteiger partial charge in [-0.15, -0.1) is 11.3 Å². The van der Waals surface area contributed by atoms with Crippen LogP contribution in [0.15, 0.2) is 41.8 Å². The van der Waals surface area contributed by atoms with Crippen molar-refractivity contribution in [2.75, 3.05) is 0 Å². The molecule has 1 unspecified atom stereocenters. The van der Waals surface area contributed by atoms with Crippen molar-refractivity contribution in [1.29, 1.82) is 0 Å². The lowest BCUT2D eigenvalue weighted by Crippen LogP contribution is -2.17. The lowest BCUT2D eigenvalue weighted by molar-refractivity contribution is -0.0499. The molecule has 0 bridgehead atoms. The van der Waals surface area contributed by atoms with E-state index in [1.165, 1.54) is 10.9 Å². The Hall–Kier alpha value is -1.46. The Balaban J connectivity index is 1.96. The molecule has 0 saturated heterocycles. The first kappa shape index (κ1) is 14.0. The minimum Gasteiger partial charge on any atom is -0.435 e. The third-order valence-corrected chi connectivity index (χ3v) is 3.62. The van der Waals surface area contributed by atoms with Crippen LogP contribution in [0, 0.1) is 0 Å². The monoisotopic (exact) mass is 283 g/mol. The summed E-state index contributed by atoms with van der Waals surface area (Å²) in [6.07, 6.45) is 0. The van der Waals surface area contributed by atoms with Crippen LogP contribution in [0.5, 0.6) is 5.75 Å². The summed E-state index contributed by atoms with van der Waals surface area (Å²) < 4.78 is 28.7. The molecule has 0 aliphatic rings. The highest BCUT2D eigenvalue weighted by molar-refractivity contribution is 7.09. The van der Waals surface area contributed by atoms with Crippen molar-refractivity contribution in [3.8, 4) is 5.75 Å². The molecule has 0 fully saturated rings. The average Bonchev–Trinajstić information content (AvgIpc) is 2.88. The van der Waals surface area contributed by atoms with Crippen molar-refractivity contribution in [2.45, 2.75) is 26.1 Å². The first-order chi connectivity index (χ1) is 9.15. The molecule has 0 spiro atoms. The topological polar surface area (TPSA) is 21.3 Å². The molecule has 19 heavy (non-hydrogen) atoms. The van der Waals surface area contributed by atoms with Crippen LogP contribution in [0.4, 0.5) is 8.78 Å². The van der Waals surface area contributed by atoms with Crippen molar-refractivity contribution in [3.63, 3.8) is 0 Å². The number of hydrogen-bond donors (Lipinski definition) is 1. The number of nitrogens with one attached hydrogen (secondary N) is 1. The molecule has 1 aromatic carbocycles. The quantitative estimate of drug-likeness (QED) is 0.858. The predicted octanol–water partition coefficient (Wildman–Crippen LogP) is 4.20. The van der Waals surface area contributed by atoms with Gasteiger partial charge in [0.2, 0.25) is 0 Å². The molecule has 2 rings (SSSR count). The fourth-order valence-corrected chi connectivity index (χ4v) is 2.40. The van der Waals surface area contributed by atoms with Crippen LogP contribution < -0.4 is 10.1 Å². The highest BCUT2D eigenvalue weighted by atomic mass is 32.1. The summed E-state index contributed by atoms with van der Waals surface area (Å²) in [6, 6.07) is 10.9. The van der Waals surface area contributed by atoms with E-state index in [-0.39, 0.29) is 11.8 Å². The molecule has 0 aliphatic carbocycles. The number of ether oxygens (including phenoxy) is 1. The lowest BCUT2D eigenvalue weighted by Gasteiger charge is -2.15. The predicted molar refractivity (Wildman–Crippen MR) is 72.6 cm³/mol. The summed E-state index contributed by atoms with van der Waals surface area (Å²) in [7, 11) is 0. The van der Waals surface area contributed by atoms with E-state index < -0.39 is 6.61 Å². The zero-order valence-electron chi connectivity index (χ0n) is 10.5. The SMILES string of the molecule is CC(NCc1cccs1)c1cccc(OC(F)F)c1. The maximum absolute atomic E-state index is 12.2. The summed E-state index contributed by atoms with van der Waals surface area (Å²) in [4.78, 5) is 1.24. The van der Waals surface area contributed by atoms with Crippen LogP contribution in [0.3, 0.4) is 0 Å². The Kier molecular flexibility index (Phi) is 4.87. The van der Waals surface area contributed by atoms with Gasteiger partial charge in [-0.25, -0.2) is 0 Å². The van der Waals surface area contributed by atoms with Gasteiger partial charge in [0.05, 0.1) is 0 Å². The van der Waals surface area contributed by atoms with E-state index >= 15 is 0 Å². The second kappa shape index (κ2) is 6.63. The van der Waals surface area contributed by atoms with E-state index in [9.17, 15) is 8.78 Å². The summed E-state index contributed by atoms with van der Waals surface area (Å²) in [5.41, 5.74) is 0.926. The molecule has 0 radical (unpaired) electrons. The summed E-state index contributed by atoms with van der Waals surface area (Å²) >= 11 is 1.69. The largest absolute Gasteiger partial charge is 0.435 e. The molecule has 1 N–H and O–H groups in total. The van der Waals surface area contributed by atoms with Crippen molar-refractivity contribution in [2.24, 2.45) is 0 Å². The van der Waals surface area contributed by atoms with Crippen molar-refractivity contribution in [3.05, 3.63) is 52.2 Å². The van der Waals surface area contributed by atoms with Gasteiger partial charge in [0, 0.05) is 17.5 Å². The van der Waals surface area contributed by atoms with E-state index in [4.69, 9.17) is 0 Å². The van der Waals surface area contributed by atoms with E-state index in [0.29, 0.717) is 0 Å². The van der Waals surface area contributed by atoms with Crippen LogP contribution in [0.25, 0.3) is 0 Å². The van der Waals surface area contributed by atoms with Gasteiger partial charge in [0.25, 0.3) is 0 Å². The molecular weight excluding hydrogens is 268 g/mol. The minimum absolute atomic E-state index is 0.0725. The van der Waals surface area contributed by atoms with Crippen molar-refractivity contribution < 1.29 is 13.5 Å². The second-order valence-electron chi connectivity index (χ2n) is 4.13. The molecule has 5 heteroatoms. The third kappa shape index (κ3) is 4.29. The first-order valence-corrected chi connectivity index (χ1v) is 6.83. The van der Waals surface area contributed by atoms with Gasteiger partial charge in [-0.1, -0.05) is 18.2 Å². The number of alkyl halides is 2. The Bertz CT molecular complexity index is 502. The normalized spacial score (nSPS) is 12.6. The maximum Gasteiger partial charge on any atom is 0.387 e. The van der Waals surface area contributed by atoms with Crippen molar-refractivity contribution >= 4 is 11.3 Å². The van der Waals surface area contributed by atoms with E-state index in [1.807, 2.05) is 24.4 Å². The van der Waals surface area contributed by atoms with Crippen LogP contribution in [-0.2, 0) is 6.54 Å². The van der Waals surface area contributed by atoms with Gasteiger partial charge in [-0.3, -0.25) is 0 Å². The summed E-state index contributed by atoms with van der Waals surface area (Å²) in [6.45, 7) is -0.0296. The Morgan fingerprint density at radius 1 is 1.26 bits per heavy atom. The molecule has 0 amide bonds. The second-order valence-corrected chi connectivity index (χ2v) is 5.17. The molecule has 1 heterocycles. The Morgan fingerprint density at radius 2 is 2.11 bits per heavy atom. The third-order valence-electron chi connectivity index (χ3n) is 2.75. The van der Waals surface area contributed by atoms with Gasteiger partial charge in [-0.05, 0) is 36.1 Å². The van der Waals surface area contributed by atoms with Crippen LogP contribution >= 0.6 is 11.3 Å². The number of benzene rings is 1. The Morgan fingerprint density at radius 3 is 2.79 bits per heavy atom.